The fourth-order valence-electron chi connectivity index (χ4n) is 1.80. The van der Waals surface area contributed by atoms with E-state index in [9.17, 15) is 9.18 Å². The summed E-state index contributed by atoms with van der Waals surface area (Å²) in [6, 6.07) is 14.2. The highest BCUT2D eigenvalue weighted by atomic mass is 79.9. The zero-order valence-corrected chi connectivity index (χ0v) is 13.1. The molecule has 0 saturated heterocycles. The third-order valence-electron chi connectivity index (χ3n) is 2.94. The molecule has 0 atom stereocenters. The van der Waals surface area contributed by atoms with Gasteiger partial charge in [0.05, 0.1) is 6.54 Å². The van der Waals surface area contributed by atoms with Gasteiger partial charge in [0.1, 0.15) is 12.4 Å². The Morgan fingerprint density at radius 2 is 1.95 bits per heavy atom. The number of rotatable bonds is 4. The van der Waals surface area contributed by atoms with Crippen molar-refractivity contribution in [2.45, 2.75) is 13.2 Å². The van der Waals surface area contributed by atoms with E-state index in [-0.39, 0.29) is 19.0 Å². The van der Waals surface area contributed by atoms with Gasteiger partial charge in [-0.15, -0.1) is 0 Å². The molecule has 0 aliphatic heterocycles. The molecule has 0 saturated carbocycles. The van der Waals surface area contributed by atoms with Gasteiger partial charge in [-0.25, -0.2) is 9.18 Å². The monoisotopic (exact) mass is 351 g/mol. The summed E-state index contributed by atoms with van der Waals surface area (Å²) in [7, 11) is 1.58. The highest BCUT2D eigenvalue weighted by Crippen LogP contribution is 2.16. The van der Waals surface area contributed by atoms with Crippen LogP contribution in [0.3, 0.4) is 0 Å². The Balaban J connectivity index is 1.90. The number of carbonyl (C=O) groups excluding carboxylic acids is 1. The number of carbonyl (C=O) groups is 1. The molecule has 110 valence electrons. The summed E-state index contributed by atoms with van der Waals surface area (Å²) < 4.78 is 19.6. The van der Waals surface area contributed by atoms with Gasteiger partial charge >= 0.3 is 6.09 Å². The quantitative estimate of drug-likeness (QED) is 0.819. The van der Waals surface area contributed by atoms with Crippen LogP contribution in [0, 0.1) is 5.82 Å². The van der Waals surface area contributed by atoms with E-state index in [0.29, 0.717) is 10.0 Å². The summed E-state index contributed by atoms with van der Waals surface area (Å²) in [5.41, 5.74) is 1.35. The third-order valence-corrected chi connectivity index (χ3v) is 3.43. The average Bonchev–Trinajstić information content (AvgIpc) is 2.48. The third kappa shape index (κ3) is 4.56. The van der Waals surface area contributed by atoms with E-state index >= 15 is 0 Å². The number of amides is 1. The summed E-state index contributed by atoms with van der Waals surface area (Å²) >= 11 is 3.20. The Labute approximate surface area is 131 Å². The van der Waals surface area contributed by atoms with E-state index in [1.54, 1.807) is 19.2 Å². The highest BCUT2D eigenvalue weighted by Gasteiger charge is 2.13. The number of ether oxygens (including phenoxy) is 1. The van der Waals surface area contributed by atoms with Crippen LogP contribution in [0.25, 0.3) is 0 Å². The largest absolute Gasteiger partial charge is 0.445 e. The molecule has 0 heterocycles. The fourth-order valence-corrected chi connectivity index (χ4v) is 2.13. The first-order chi connectivity index (χ1) is 10.1. The van der Waals surface area contributed by atoms with Crippen molar-refractivity contribution in [3.05, 3.63) is 69.9 Å². The average molecular weight is 352 g/mol. The van der Waals surface area contributed by atoms with Gasteiger partial charge in [-0.05, 0) is 17.7 Å². The minimum absolute atomic E-state index is 0.159. The number of nitrogens with zero attached hydrogens (tertiary/aromatic N) is 1. The smallest absolute Gasteiger partial charge is 0.410 e. The van der Waals surface area contributed by atoms with Crippen LogP contribution in [0.1, 0.15) is 11.1 Å². The van der Waals surface area contributed by atoms with Crippen LogP contribution >= 0.6 is 15.9 Å². The van der Waals surface area contributed by atoms with E-state index in [0.717, 1.165) is 5.56 Å². The molecule has 0 aliphatic rings. The maximum atomic E-state index is 13.7. The van der Waals surface area contributed by atoms with Crippen LogP contribution in [-0.4, -0.2) is 18.0 Å². The van der Waals surface area contributed by atoms with E-state index in [1.807, 2.05) is 30.3 Å². The Hall–Kier alpha value is -1.88. The van der Waals surface area contributed by atoms with Gasteiger partial charge in [-0.3, -0.25) is 0 Å². The van der Waals surface area contributed by atoms with E-state index < -0.39 is 6.09 Å². The lowest BCUT2D eigenvalue weighted by Gasteiger charge is -2.17. The van der Waals surface area contributed by atoms with Crippen molar-refractivity contribution in [1.29, 1.82) is 0 Å². The lowest BCUT2D eigenvalue weighted by Crippen LogP contribution is -2.27. The summed E-state index contributed by atoms with van der Waals surface area (Å²) in [5.74, 6) is -0.355. The molecule has 3 nitrogen and oxygen atoms in total. The van der Waals surface area contributed by atoms with Crippen molar-refractivity contribution in [1.82, 2.24) is 4.90 Å². The number of hydrogen-bond donors (Lipinski definition) is 0. The predicted octanol–water partition coefficient (Wildman–Crippen LogP) is 4.36. The Bertz CT molecular complexity index is 619. The van der Waals surface area contributed by atoms with Gasteiger partial charge in [-0.2, -0.15) is 0 Å². The normalized spacial score (nSPS) is 10.2. The summed E-state index contributed by atoms with van der Waals surface area (Å²) in [6.07, 6.45) is -0.485. The Kier molecular flexibility index (Phi) is 5.33. The first-order valence-corrected chi connectivity index (χ1v) is 7.21. The predicted molar refractivity (Wildman–Crippen MR) is 82.2 cm³/mol. The molecule has 21 heavy (non-hydrogen) atoms. The van der Waals surface area contributed by atoms with E-state index in [2.05, 4.69) is 15.9 Å². The Morgan fingerprint density at radius 3 is 2.62 bits per heavy atom. The Morgan fingerprint density at radius 1 is 1.24 bits per heavy atom. The highest BCUT2D eigenvalue weighted by molar-refractivity contribution is 9.10. The molecule has 0 spiro atoms. The summed E-state index contributed by atoms with van der Waals surface area (Å²) in [5, 5.41) is 0. The first-order valence-electron chi connectivity index (χ1n) is 6.42. The topological polar surface area (TPSA) is 29.5 Å². The van der Waals surface area contributed by atoms with Crippen molar-refractivity contribution in [3.8, 4) is 0 Å². The number of halogens is 2. The van der Waals surface area contributed by atoms with Crippen molar-refractivity contribution >= 4 is 22.0 Å². The van der Waals surface area contributed by atoms with Crippen LogP contribution in [-0.2, 0) is 17.9 Å². The van der Waals surface area contributed by atoms with Crippen molar-refractivity contribution in [3.63, 3.8) is 0 Å². The molecule has 2 aromatic carbocycles. The maximum absolute atomic E-state index is 13.7. The molecule has 0 N–H and O–H groups in total. The van der Waals surface area contributed by atoms with Gasteiger partial charge < -0.3 is 9.64 Å². The zero-order chi connectivity index (χ0) is 15.2. The standard InChI is InChI=1S/C16H15BrFNO2/c1-19(10-13-7-8-14(17)9-15(13)18)16(20)21-11-12-5-3-2-4-6-12/h2-9H,10-11H2,1H3. The number of hydrogen-bond acceptors (Lipinski definition) is 2. The van der Waals surface area contributed by atoms with Gasteiger partial charge in [0, 0.05) is 17.1 Å². The molecular formula is C16H15BrFNO2. The molecule has 0 aliphatic carbocycles. The van der Waals surface area contributed by atoms with Gasteiger partial charge in [0.2, 0.25) is 0 Å². The van der Waals surface area contributed by atoms with E-state index in [4.69, 9.17) is 4.74 Å². The summed E-state index contributed by atoms with van der Waals surface area (Å²) in [4.78, 5) is 13.2. The molecular weight excluding hydrogens is 337 g/mol. The molecule has 0 bridgehead atoms. The lowest BCUT2D eigenvalue weighted by atomic mass is 10.2. The van der Waals surface area contributed by atoms with Gasteiger partial charge in [0.15, 0.2) is 0 Å². The fraction of sp³-hybridized carbons (Fsp3) is 0.188. The second-order valence-corrected chi connectivity index (χ2v) is 5.55. The van der Waals surface area contributed by atoms with Crippen molar-refractivity contribution in [2.24, 2.45) is 0 Å². The molecule has 1 amide bonds. The molecule has 0 radical (unpaired) electrons. The molecule has 0 unspecified atom stereocenters. The molecule has 2 rings (SSSR count). The SMILES string of the molecule is CN(Cc1ccc(Br)cc1F)C(=O)OCc1ccccc1. The van der Waals surface area contributed by atoms with Crippen LogP contribution in [0.4, 0.5) is 9.18 Å². The first kappa shape index (κ1) is 15.5. The van der Waals surface area contributed by atoms with Crippen LogP contribution in [0.15, 0.2) is 53.0 Å². The molecule has 5 heteroatoms. The van der Waals surface area contributed by atoms with Crippen LogP contribution < -0.4 is 0 Å². The van der Waals surface area contributed by atoms with Crippen molar-refractivity contribution in [2.75, 3.05) is 7.05 Å². The van der Waals surface area contributed by atoms with Gasteiger partial charge in [0.25, 0.3) is 0 Å². The number of benzene rings is 2. The van der Waals surface area contributed by atoms with Crippen LogP contribution in [0.5, 0.6) is 0 Å². The van der Waals surface area contributed by atoms with Crippen LogP contribution in [0.2, 0.25) is 0 Å². The maximum Gasteiger partial charge on any atom is 0.410 e. The minimum Gasteiger partial charge on any atom is -0.445 e. The lowest BCUT2D eigenvalue weighted by molar-refractivity contribution is 0.102. The summed E-state index contributed by atoms with van der Waals surface area (Å²) in [6.45, 7) is 0.361. The molecule has 0 aromatic heterocycles. The second kappa shape index (κ2) is 7.22. The second-order valence-electron chi connectivity index (χ2n) is 4.63. The molecule has 0 fully saturated rings. The van der Waals surface area contributed by atoms with E-state index in [1.165, 1.54) is 11.0 Å². The van der Waals surface area contributed by atoms with Gasteiger partial charge in [-0.1, -0.05) is 52.3 Å². The van der Waals surface area contributed by atoms with Crippen molar-refractivity contribution < 1.29 is 13.9 Å². The minimum atomic E-state index is -0.485. The zero-order valence-electron chi connectivity index (χ0n) is 11.6. The molecule has 2 aromatic rings.